The average Bonchev–Trinajstić information content (AvgIpc) is 2.60. The van der Waals surface area contributed by atoms with Crippen LogP contribution < -0.4 is 5.73 Å². The largest absolute Gasteiger partial charge is 0.334 e. The van der Waals surface area contributed by atoms with Crippen LogP contribution in [0, 0.1) is 6.92 Å². The molecule has 15 heavy (non-hydrogen) atoms. The maximum absolute atomic E-state index is 5.73. The number of nitrogens with zero attached hydrogens (tertiary/aromatic N) is 3. The van der Waals surface area contributed by atoms with E-state index >= 15 is 0 Å². The molecule has 0 saturated carbocycles. The van der Waals surface area contributed by atoms with Crippen molar-refractivity contribution in [2.75, 3.05) is 20.1 Å². The molecule has 2 N–H and O–H groups in total. The summed E-state index contributed by atoms with van der Waals surface area (Å²) in [4.78, 5) is 6.48. The number of rotatable bonds is 5. The number of imidazole rings is 1. The zero-order chi connectivity index (χ0) is 11.5. The number of likely N-dealkylation sites (N-methyl/N-ethyl adjacent to an activating group) is 1. The molecular formula is C11H22N4. The first-order valence-electron chi connectivity index (χ1n) is 5.36. The molecule has 0 amide bonds. The van der Waals surface area contributed by atoms with Gasteiger partial charge in [0.15, 0.2) is 0 Å². The molecule has 0 bridgehead atoms. The number of aromatic nitrogens is 2. The third kappa shape index (κ3) is 3.04. The first kappa shape index (κ1) is 12.2. The van der Waals surface area contributed by atoms with E-state index in [1.54, 1.807) is 0 Å². The van der Waals surface area contributed by atoms with Gasteiger partial charge in [-0.3, -0.25) is 4.90 Å². The van der Waals surface area contributed by atoms with Gasteiger partial charge in [0, 0.05) is 37.6 Å². The van der Waals surface area contributed by atoms with Gasteiger partial charge in [0.05, 0.1) is 0 Å². The smallest absolute Gasteiger partial charge is 0.105 e. The molecule has 0 saturated heterocycles. The highest BCUT2D eigenvalue weighted by atomic mass is 15.2. The third-order valence-corrected chi connectivity index (χ3v) is 3.13. The second kappa shape index (κ2) is 4.77. The van der Waals surface area contributed by atoms with Crippen LogP contribution in [0.2, 0.25) is 0 Å². The van der Waals surface area contributed by atoms with Crippen LogP contribution in [0.3, 0.4) is 0 Å². The van der Waals surface area contributed by atoms with Crippen molar-refractivity contribution in [1.82, 2.24) is 14.5 Å². The van der Waals surface area contributed by atoms with E-state index in [9.17, 15) is 0 Å². The molecule has 1 aromatic rings. The lowest BCUT2D eigenvalue weighted by molar-refractivity contribution is 0.158. The summed E-state index contributed by atoms with van der Waals surface area (Å²) in [6.45, 7) is 8.97. The summed E-state index contributed by atoms with van der Waals surface area (Å²) in [5.74, 6) is 1.06. The molecule has 0 aromatic carbocycles. The van der Waals surface area contributed by atoms with Crippen LogP contribution in [0.5, 0.6) is 0 Å². The summed E-state index contributed by atoms with van der Waals surface area (Å²) < 4.78 is 2.16. The predicted molar refractivity (Wildman–Crippen MR) is 62.7 cm³/mol. The molecule has 1 rings (SSSR count). The van der Waals surface area contributed by atoms with Crippen molar-refractivity contribution in [2.24, 2.45) is 5.73 Å². The van der Waals surface area contributed by atoms with Crippen molar-refractivity contribution >= 4 is 0 Å². The topological polar surface area (TPSA) is 47.1 Å². The number of hydrogen-bond acceptors (Lipinski definition) is 3. The zero-order valence-electron chi connectivity index (χ0n) is 10.2. The molecule has 0 atom stereocenters. The van der Waals surface area contributed by atoms with Crippen LogP contribution in [0.1, 0.15) is 19.7 Å². The molecule has 1 aromatic heterocycles. The van der Waals surface area contributed by atoms with Crippen LogP contribution >= 0.6 is 0 Å². The Morgan fingerprint density at radius 1 is 1.53 bits per heavy atom. The van der Waals surface area contributed by atoms with Gasteiger partial charge in [-0.15, -0.1) is 0 Å². The molecule has 4 heteroatoms. The Morgan fingerprint density at radius 3 is 2.67 bits per heavy atom. The van der Waals surface area contributed by atoms with Crippen molar-refractivity contribution in [2.45, 2.75) is 32.9 Å². The Labute approximate surface area is 92.1 Å². The van der Waals surface area contributed by atoms with Gasteiger partial charge in [-0.1, -0.05) is 0 Å². The van der Waals surface area contributed by atoms with Crippen molar-refractivity contribution < 1.29 is 0 Å². The Kier molecular flexibility index (Phi) is 3.88. The highest BCUT2D eigenvalue weighted by Gasteiger charge is 2.20. The predicted octanol–water partition coefficient (Wildman–Crippen LogP) is 0.861. The fourth-order valence-corrected chi connectivity index (χ4v) is 1.36. The standard InChI is InChI=1S/C11H22N4/c1-10-13-5-6-15(10)8-7-14(4)11(2,3)9-12/h5-6H,7-9,12H2,1-4H3. The summed E-state index contributed by atoms with van der Waals surface area (Å²) in [6.07, 6.45) is 3.85. The van der Waals surface area contributed by atoms with E-state index in [0.29, 0.717) is 6.54 Å². The van der Waals surface area contributed by atoms with Gasteiger partial charge in [0.2, 0.25) is 0 Å². The first-order chi connectivity index (χ1) is 6.97. The highest BCUT2D eigenvalue weighted by Crippen LogP contribution is 2.09. The van der Waals surface area contributed by atoms with E-state index < -0.39 is 0 Å². The van der Waals surface area contributed by atoms with Crippen molar-refractivity contribution in [1.29, 1.82) is 0 Å². The van der Waals surface area contributed by atoms with Crippen LogP contribution in [0.15, 0.2) is 12.4 Å². The summed E-state index contributed by atoms with van der Waals surface area (Å²) in [7, 11) is 2.11. The van der Waals surface area contributed by atoms with Gasteiger partial charge in [0.1, 0.15) is 5.82 Å². The van der Waals surface area contributed by atoms with Crippen LogP contribution in [-0.4, -0.2) is 40.1 Å². The van der Waals surface area contributed by atoms with Crippen molar-refractivity contribution in [3.63, 3.8) is 0 Å². The Morgan fingerprint density at radius 2 is 2.20 bits per heavy atom. The molecule has 1 heterocycles. The normalized spacial score (nSPS) is 12.4. The van der Waals surface area contributed by atoms with Crippen LogP contribution in [0.25, 0.3) is 0 Å². The average molecular weight is 210 g/mol. The minimum Gasteiger partial charge on any atom is -0.334 e. The van der Waals surface area contributed by atoms with Gasteiger partial charge in [-0.25, -0.2) is 4.98 Å². The van der Waals surface area contributed by atoms with Crippen LogP contribution in [0.4, 0.5) is 0 Å². The molecule has 0 fully saturated rings. The Balaban J connectivity index is 2.48. The maximum atomic E-state index is 5.73. The van der Waals surface area contributed by atoms with Gasteiger partial charge in [-0.05, 0) is 27.8 Å². The fraction of sp³-hybridized carbons (Fsp3) is 0.727. The fourth-order valence-electron chi connectivity index (χ4n) is 1.36. The summed E-state index contributed by atoms with van der Waals surface area (Å²) >= 11 is 0. The second-order valence-corrected chi connectivity index (χ2v) is 4.61. The monoisotopic (exact) mass is 210 g/mol. The number of hydrogen-bond donors (Lipinski definition) is 1. The highest BCUT2D eigenvalue weighted by molar-refractivity contribution is 4.89. The second-order valence-electron chi connectivity index (χ2n) is 4.61. The SMILES string of the molecule is Cc1nccn1CCN(C)C(C)(C)CN. The van der Waals surface area contributed by atoms with Gasteiger partial charge in [0.25, 0.3) is 0 Å². The minimum absolute atomic E-state index is 0.0640. The Hall–Kier alpha value is -0.870. The minimum atomic E-state index is 0.0640. The number of nitrogens with two attached hydrogens (primary N) is 1. The molecule has 0 aliphatic carbocycles. The number of aryl methyl sites for hydroxylation is 1. The quantitative estimate of drug-likeness (QED) is 0.784. The molecule has 4 nitrogen and oxygen atoms in total. The summed E-state index contributed by atoms with van der Waals surface area (Å²) in [5, 5.41) is 0. The van der Waals surface area contributed by atoms with E-state index in [1.807, 2.05) is 19.3 Å². The molecule has 0 aliphatic rings. The van der Waals surface area contributed by atoms with Gasteiger partial charge < -0.3 is 10.3 Å². The Bertz CT molecular complexity index is 303. The van der Waals surface area contributed by atoms with Crippen molar-refractivity contribution in [3.05, 3.63) is 18.2 Å². The zero-order valence-corrected chi connectivity index (χ0v) is 10.2. The summed E-state index contributed by atoms with van der Waals surface area (Å²) in [6, 6.07) is 0. The van der Waals surface area contributed by atoms with E-state index in [0.717, 1.165) is 18.9 Å². The maximum Gasteiger partial charge on any atom is 0.105 e. The van der Waals surface area contributed by atoms with E-state index in [1.165, 1.54) is 0 Å². The lowest BCUT2D eigenvalue weighted by Crippen LogP contribution is -2.48. The molecular weight excluding hydrogens is 188 g/mol. The molecule has 0 unspecified atom stereocenters. The lowest BCUT2D eigenvalue weighted by Gasteiger charge is -2.34. The first-order valence-corrected chi connectivity index (χ1v) is 5.36. The van der Waals surface area contributed by atoms with E-state index in [4.69, 9.17) is 5.73 Å². The summed E-state index contributed by atoms with van der Waals surface area (Å²) in [5.41, 5.74) is 5.79. The molecule has 86 valence electrons. The van der Waals surface area contributed by atoms with Gasteiger partial charge in [-0.2, -0.15) is 0 Å². The lowest BCUT2D eigenvalue weighted by atomic mass is 10.0. The molecule has 0 spiro atoms. The molecule has 0 radical (unpaired) electrons. The van der Waals surface area contributed by atoms with Gasteiger partial charge >= 0.3 is 0 Å². The van der Waals surface area contributed by atoms with Crippen LogP contribution in [-0.2, 0) is 6.54 Å². The van der Waals surface area contributed by atoms with E-state index in [-0.39, 0.29) is 5.54 Å². The van der Waals surface area contributed by atoms with E-state index in [2.05, 4.69) is 35.3 Å². The van der Waals surface area contributed by atoms with Crippen molar-refractivity contribution in [3.8, 4) is 0 Å². The molecule has 0 aliphatic heterocycles. The third-order valence-electron chi connectivity index (χ3n) is 3.13.